The fraction of sp³-hybridized carbons (Fsp3) is 0.917. The Morgan fingerprint density at radius 2 is 1.88 bits per heavy atom. The van der Waals surface area contributed by atoms with Crippen LogP contribution in [0.15, 0.2) is 5.16 Å². The highest BCUT2D eigenvalue weighted by molar-refractivity contribution is 5.82. The monoisotopic (exact) mass is 227 g/mol. The molecule has 4 N–H and O–H groups in total. The van der Waals surface area contributed by atoms with E-state index in [0.717, 1.165) is 6.54 Å². The van der Waals surface area contributed by atoms with Gasteiger partial charge in [-0.15, -0.1) is 0 Å². The van der Waals surface area contributed by atoms with E-state index in [2.05, 4.69) is 10.5 Å². The molecule has 1 aliphatic carbocycles. The lowest BCUT2D eigenvalue weighted by atomic mass is 9.96. The number of nitrogens with two attached hydrogens (primary N) is 1. The second-order valence-electron chi connectivity index (χ2n) is 4.88. The van der Waals surface area contributed by atoms with Crippen LogP contribution < -0.4 is 11.1 Å². The van der Waals surface area contributed by atoms with E-state index in [4.69, 9.17) is 10.9 Å². The van der Waals surface area contributed by atoms with Crippen molar-refractivity contribution in [3.05, 3.63) is 0 Å². The number of nitrogens with zero attached hydrogens (tertiary/aromatic N) is 1. The quantitative estimate of drug-likeness (QED) is 0.298. The van der Waals surface area contributed by atoms with Crippen molar-refractivity contribution in [2.24, 2.45) is 16.8 Å². The van der Waals surface area contributed by atoms with Gasteiger partial charge in [-0.2, -0.15) is 0 Å². The summed E-state index contributed by atoms with van der Waals surface area (Å²) in [7, 11) is 0. The molecule has 4 heteroatoms. The second-order valence-corrected chi connectivity index (χ2v) is 4.88. The molecule has 0 heterocycles. The molecule has 0 aliphatic heterocycles. The van der Waals surface area contributed by atoms with Gasteiger partial charge in [0.2, 0.25) is 0 Å². The maximum atomic E-state index is 8.56. The Labute approximate surface area is 98.3 Å². The maximum Gasteiger partial charge on any atom is 0.143 e. The van der Waals surface area contributed by atoms with Gasteiger partial charge >= 0.3 is 0 Å². The predicted octanol–water partition coefficient (Wildman–Crippen LogP) is 2.07. The van der Waals surface area contributed by atoms with E-state index in [1.165, 1.54) is 44.9 Å². The first-order valence-electron chi connectivity index (χ1n) is 6.45. The van der Waals surface area contributed by atoms with Crippen molar-refractivity contribution < 1.29 is 5.21 Å². The largest absolute Gasteiger partial charge is 0.409 e. The average molecular weight is 227 g/mol. The van der Waals surface area contributed by atoms with Gasteiger partial charge in [0, 0.05) is 18.5 Å². The Hall–Kier alpha value is -0.770. The van der Waals surface area contributed by atoms with Crippen LogP contribution in [0.4, 0.5) is 0 Å². The van der Waals surface area contributed by atoms with Gasteiger partial charge in [-0.1, -0.05) is 44.2 Å². The van der Waals surface area contributed by atoms with Crippen LogP contribution in [0, 0.1) is 5.92 Å². The molecule has 16 heavy (non-hydrogen) atoms. The Morgan fingerprint density at radius 3 is 2.44 bits per heavy atom. The Kier molecular flexibility index (Phi) is 6.23. The smallest absolute Gasteiger partial charge is 0.143 e. The molecule has 4 nitrogen and oxygen atoms in total. The minimum absolute atomic E-state index is 0.107. The zero-order chi connectivity index (χ0) is 11.8. The highest BCUT2D eigenvalue weighted by atomic mass is 16.4. The van der Waals surface area contributed by atoms with Crippen LogP contribution in [0.3, 0.4) is 0 Å². The van der Waals surface area contributed by atoms with Crippen molar-refractivity contribution in [3.8, 4) is 0 Å². The standard InChI is InChI=1S/C12H25N3O/c1-10(12(13)15-16)9-14-11-7-5-3-2-4-6-8-11/h10-11,14,16H,2-9H2,1H3,(H2,13,15). The summed E-state index contributed by atoms with van der Waals surface area (Å²) >= 11 is 0. The molecular weight excluding hydrogens is 202 g/mol. The van der Waals surface area contributed by atoms with Crippen molar-refractivity contribution in [3.63, 3.8) is 0 Å². The molecule has 0 spiro atoms. The lowest BCUT2D eigenvalue weighted by molar-refractivity contribution is 0.312. The number of hydrogen-bond donors (Lipinski definition) is 3. The molecule has 0 bridgehead atoms. The van der Waals surface area contributed by atoms with Gasteiger partial charge in [0.15, 0.2) is 0 Å². The lowest BCUT2D eigenvalue weighted by Crippen LogP contribution is -2.37. The van der Waals surface area contributed by atoms with E-state index in [1.54, 1.807) is 0 Å². The third kappa shape index (κ3) is 4.84. The normalized spacial score (nSPS) is 22.4. The third-order valence-electron chi connectivity index (χ3n) is 3.44. The molecule has 0 aromatic rings. The van der Waals surface area contributed by atoms with Gasteiger partial charge in [0.25, 0.3) is 0 Å². The maximum absolute atomic E-state index is 8.56. The van der Waals surface area contributed by atoms with E-state index in [1.807, 2.05) is 6.92 Å². The molecule has 0 aromatic heterocycles. The highest BCUT2D eigenvalue weighted by Crippen LogP contribution is 2.17. The van der Waals surface area contributed by atoms with Crippen LogP contribution >= 0.6 is 0 Å². The van der Waals surface area contributed by atoms with E-state index in [0.29, 0.717) is 11.9 Å². The van der Waals surface area contributed by atoms with Crippen LogP contribution in [0.1, 0.15) is 51.9 Å². The van der Waals surface area contributed by atoms with Crippen molar-refractivity contribution in [2.45, 2.75) is 57.9 Å². The number of rotatable bonds is 4. The number of hydrogen-bond acceptors (Lipinski definition) is 3. The summed E-state index contributed by atoms with van der Waals surface area (Å²) in [5.74, 6) is 0.425. The lowest BCUT2D eigenvalue weighted by Gasteiger charge is -2.22. The fourth-order valence-electron chi connectivity index (χ4n) is 2.21. The molecular formula is C12H25N3O. The van der Waals surface area contributed by atoms with Crippen LogP contribution in [-0.4, -0.2) is 23.6 Å². The molecule has 1 aliphatic rings. The molecule has 94 valence electrons. The Morgan fingerprint density at radius 1 is 1.31 bits per heavy atom. The van der Waals surface area contributed by atoms with Crippen molar-refractivity contribution in [1.29, 1.82) is 0 Å². The molecule has 1 saturated carbocycles. The second kappa shape index (κ2) is 7.49. The minimum atomic E-state index is 0.107. The summed E-state index contributed by atoms with van der Waals surface area (Å²) in [6.07, 6.45) is 9.33. The summed E-state index contributed by atoms with van der Waals surface area (Å²) in [5, 5.41) is 15.1. The number of nitrogens with one attached hydrogen (secondary N) is 1. The number of amidine groups is 1. The van der Waals surface area contributed by atoms with E-state index in [-0.39, 0.29) is 5.92 Å². The summed E-state index contributed by atoms with van der Waals surface area (Å²) in [6, 6.07) is 0.620. The summed E-state index contributed by atoms with van der Waals surface area (Å²) in [6.45, 7) is 2.78. The first-order chi connectivity index (χ1) is 7.74. The molecule has 1 rings (SSSR count). The van der Waals surface area contributed by atoms with E-state index in [9.17, 15) is 0 Å². The summed E-state index contributed by atoms with van der Waals surface area (Å²) in [5.41, 5.74) is 5.55. The summed E-state index contributed by atoms with van der Waals surface area (Å²) < 4.78 is 0. The Balaban J connectivity index is 2.24. The molecule has 1 unspecified atom stereocenters. The Bertz CT molecular complexity index is 210. The fourth-order valence-corrected chi connectivity index (χ4v) is 2.21. The van der Waals surface area contributed by atoms with E-state index >= 15 is 0 Å². The number of oxime groups is 1. The summed E-state index contributed by atoms with van der Waals surface area (Å²) in [4.78, 5) is 0. The highest BCUT2D eigenvalue weighted by Gasteiger charge is 2.13. The molecule has 1 atom stereocenters. The van der Waals surface area contributed by atoms with E-state index < -0.39 is 0 Å². The van der Waals surface area contributed by atoms with Crippen LogP contribution in [0.25, 0.3) is 0 Å². The van der Waals surface area contributed by atoms with Crippen molar-refractivity contribution in [1.82, 2.24) is 5.32 Å². The first-order valence-corrected chi connectivity index (χ1v) is 6.45. The third-order valence-corrected chi connectivity index (χ3v) is 3.44. The van der Waals surface area contributed by atoms with Gasteiger partial charge < -0.3 is 16.3 Å². The topological polar surface area (TPSA) is 70.6 Å². The van der Waals surface area contributed by atoms with Gasteiger partial charge in [0.1, 0.15) is 5.84 Å². The van der Waals surface area contributed by atoms with Gasteiger partial charge in [-0.25, -0.2) is 0 Å². The molecule has 1 fully saturated rings. The van der Waals surface area contributed by atoms with Crippen LogP contribution in [-0.2, 0) is 0 Å². The molecule has 0 aromatic carbocycles. The minimum Gasteiger partial charge on any atom is -0.409 e. The van der Waals surface area contributed by atoms with Gasteiger partial charge in [-0.05, 0) is 12.8 Å². The predicted molar refractivity (Wildman–Crippen MR) is 66.7 cm³/mol. The van der Waals surface area contributed by atoms with Crippen LogP contribution in [0.5, 0.6) is 0 Å². The molecule has 0 amide bonds. The van der Waals surface area contributed by atoms with Crippen LogP contribution in [0.2, 0.25) is 0 Å². The zero-order valence-electron chi connectivity index (χ0n) is 10.3. The molecule has 0 saturated heterocycles. The average Bonchev–Trinajstić information content (AvgIpc) is 2.26. The SMILES string of the molecule is CC(CNC1CCCCCCC1)C(N)=NO. The van der Waals surface area contributed by atoms with Crippen molar-refractivity contribution >= 4 is 5.84 Å². The van der Waals surface area contributed by atoms with Crippen molar-refractivity contribution in [2.75, 3.05) is 6.54 Å². The van der Waals surface area contributed by atoms with Gasteiger partial charge in [0.05, 0.1) is 0 Å². The first kappa shape index (κ1) is 13.3. The molecule has 0 radical (unpaired) electrons. The van der Waals surface area contributed by atoms with Gasteiger partial charge in [-0.3, -0.25) is 0 Å². The zero-order valence-corrected chi connectivity index (χ0v) is 10.3.